The zero-order chi connectivity index (χ0) is 15.4. The van der Waals surface area contributed by atoms with Crippen LogP contribution in [-0.4, -0.2) is 36.2 Å². The predicted octanol–water partition coefficient (Wildman–Crippen LogP) is 4.04. The molecule has 0 heterocycles. The Hall–Kier alpha value is -0.530. The number of rotatable bonds is 5. The summed E-state index contributed by atoms with van der Waals surface area (Å²) in [6, 6.07) is 0. The van der Waals surface area contributed by atoms with E-state index in [1.807, 2.05) is 0 Å². The molecule has 0 aromatic carbocycles. The normalized spacial score (nSPS) is 21.5. The van der Waals surface area contributed by atoms with E-state index in [1.54, 1.807) is 0 Å². The maximum Gasteiger partial charge on any atom is 0.389 e. The van der Waals surface area contributed by atoms with Crippen molar-refractivity contribution < 1.29 is 31.5 Å². The molecular formula is C12H17F5O2S. The number of ether oxygens (including phenoxy) is 1. The Morgan fingerprint density at radius 3 is 2.35 bits per heavy atom. The van der Waals surface area contributed by atoms with Crippen LogP contribution in [0.2, 0.25) is 0 Å². The van der Waals surface area contributed by atoms with E-state index in [-0.39, 0.29) is 37.4 Å². The third kappa shape index (κ3) is 5.85. The summed E-state index contributed by atoms with van der Waals surface area (Å²) in [6.07, 6.45) is -5.69. The number of alkyl halides is 5. The molecule has 8 heteroatoms. The molecule has 1 rings (SSSR count). The molecule has 0 N–H and O–H groups in total. The Balaban J connectivity index is 2.55. The van der Waals surface area contributed by atoms with Crippen molar-refractivity contribution >= 4 is 17.7 Å². The molecule has 1 unspecified atom stereocenters. The monoisotopic (exact) mass is 320 g/mol. The summed E-state index contributed by atoms with van der Waals surface area (Å²) in [7, 11) is 1.15. The molecule has 0 radical (unpaired) electrons. The van der Waals surface area contributed by atoms with Crippen molar-refractivity contribution in [2.45, 2.75) is 49.5 Å². The first-order valence-corrected chi connectivity index (χ1v) is 7.33. The van der Waals surface area contributed by atoms with Crippen LogP contribution in [0.4, 0.5) is 22.0 Å². The molecular weight excluding hydrogens is 303 g/mol. The fourth-order valence-electron chi connectivity index (χ4n) is 2.18. The Morgan fingerprint density at radius 2 is 1.90 bits per heavy atom. The van der Waals surface area contributed by atoms with E-state index < -0.39 is 29.7 Å². The standard InChI is InChI=1S/C12H17F5O2S/c1-19-10(18)9(20-7-6-12(15,16)17)8-2-4-11(13,14)5-3-8/h8-9H,2-7H2,1H3. The molecule has 0 spiro atoms. The quantitative estimate of drug-likeness (QED) is 0.565. The molecule has 0 saturated heterocycles. The van der Waals surface area contributed by atoms with Gasteiger partial charge in [-0.1, -0.05) is 0 Å². The number of hydrogen-bond donors (Lipinski definition) is 0. The summed E-state index contributed by atoms with van der Waals surface area (Å²) in [4.78, 5) is 11.6. The SMILES string of the molecule is COC(=O)C(SCCC(F)(F)F)C1CCC(F)(F)CC1. The Labute approximate surface area is 118 Å². The second-order valence-electron chi connectivity index (χ2n) is 4.87. The molecule has 1 saturated carbocycles. The number of carbonyl (C=O) groups excluding carboxylic acids is 1. The molecule has 20 heavy (non-hydrogen) atoms. The van der Waals surface area contributed by atoms with Crippen molar-refractivity contribution in [3.8, 4) is 0 Å². The van der Waals surface area contributed by atoms with Gasteiger partial charge in [0.2, 0.25) is 5.92 Å². The van der Waals surface area contributed by atoms with Gasteiger partial charge in [-0.25, -0.2) is 8.78 Å². The molecule has 0 aromatic heterocycles. The maximum atomic E-state index is 13.1. The van der Waals surface area contributed by atoms with Crippen LogP contribution in [-0.2, 0) is 9.53 Å². The van der Waals surface area contributed by atoms with Gasteiger partial charge < -0.3 is 4.74 Å². The van der Waals surface area contributed by atoms with Gasteiger partial charge >= 0.3 is 12.1 Å². The topological polar surface area (TPSA) is 26.3 Å². The molecule has 0 bridgehead atoms. The minimum atomic E-state index is -4.28. The van der Waals surface area contributed by atoms with Crippen LogP contribution in [0.25, 0.3) is 0 Å². The lowest BCUT2D eigenvalue weighted by molar-refractivity contribution is -0.142. The lowest BCUT2D eigenvalue weighted by Gasteiger charge is -2.32. The number of methoxy groups -OCH3 is 1. The number of carbonyl (C=O) groups is 1. The molecule has 2 nitrogen and oxygen atoms in total. The van der Waals surface area contributed by atoms with E-state index in [2.05, 4.69) is 4.74 Å². The number of esters is 1. The van der Waals surface area contributed by atoms with Crippen LogP contribution in [0.3, 0.4) is 0 Å². The lowest BCUT2D eigenvalue weighted by atomic mass is 9.84. The number of hydrogen-bond acceptors (Lipinski definition) is 3. The van der Waals surface area contributed by atoms with Crippen molar-refractivity contribution in [3.63, 3.8) is 0 Å². The van der Waals surface area contributed by atoms with Gasteiger partial charge in [-0.15, -0.1) is 11.8 Å². The average molecular weight is 320 g/mol. The van der Waals surface area contributed by atoms with Gasteiger partial charge in [-0.2, -0.15) is 13.2 Å². The minimum absolute atomic E-state index is 0.131. The van der Waals surface area contributed by atoms with E-state index in [9.17, 15) is 26.7 Å². The molecule has 1 aliphatic rings. The second kappa shape index (κ2) is 6.95. The van der Waals surface area contributed by atoms with E-state index in [1.165, 1.54) is 0 Å². The summed E-state index contributed by atoms with van der Waals surface area (Å²) < 4.78 is 67.0. The van der Waals surface area contributed by atoms with Crippen LogP contribution < -0.4 is 0 Å². The summed E-state index contributed by atoms with van der Waals surface area (Å²) in [5.74, 6) is -3.98. The van der Waals surface area contributed by atoms with Crippen molar-refractivity contribution in [2.24, 2.45) is 5.92 Å². The highest BCUT2D eigenvalue weighted by atomic mass is 32.2. The van der Waals surface area contributed by atoms with Gasteiger partial charge in [0.25, 0.3) is 0 Å². The van der Waals surface area contributed by atoms with E-state index in [4.69, 9.17) is 0 Å². The largest absolute Gasteiger partial charge is 0.468 e. The zero-order valence-electron chi connectivity index (χ0n) is 11.0. The maximum absolute atomic E-state index is 13.1. The van der Waals surface area contributed by atoms with Crippen LogP contribution in [0.15, 0.2) is 0 Å². The first-order valence-electron chi connectivity index (χ1n) is 6.28. The van der Waals surface area contributed by atoms with E-state index in [0.717, 1.165) is 18.9 Å². The van der Waals surface area contributed by atoms with Gasteiger partial charge in [0.15, 0.2) is 0 Å². The average Bonchev–Trinajstić information content (AvgIpc) is 2.33. The lowest BCUT2D eigenvalue weighted by Crippen LogP contribution is -2.35. The van der Waals surface area contributed by atoms with E-state index >= 15 is 0 Å². The van der Waals surface area contributed by atoms with E-state index in [0.29, 0.717) is 0 Å². The highest BCUT2D eigenvalue weighted by Gasteiger charge is 2.40. The van der Waals surface area contributed by atoms with Gasteiger partial charge in [0.05, 0.1) is 13.5 Å². The molecule has 118 valence electrons. The summed E-state index contributed by atoms with van der Waals surface area (Å²) in [5, 5.41) is -0.793. The van der Waals surface area contributed by atoms with Crippen LogP contribution in [0.1, 0.15) is 32.1 Å². The summed E-state index contributed by atoms with van der Waals surface area (Å²) >= 11 is 0.848. The molecule has 1 fully saturated rings. The van der Waals surface area contributed by atoms with Gasteiger partial charge in [0, 0.05) is 18.6 Å². The van der Waals surface area contributed by atoms with Crippen molar-refractivity contribution in [2.75, 3.05) is 12.9 Å². The van der Waals surface area contributed by atoms with Crippen molar-refractivity contribution in [1.82, 2.24) is 0 Å². The first-order chi connectivity index (χ1) is 9.14. The predicted molar refractivity (Wildman–Crippen MR) is 65.8 cm³/mol. The first kappa shape index (κ1) is 17.5. The summed E-state index contributed by atoms with van der Waals surface area (Å²) in [6.45, 7) is 0. The minimum Gasteiger partial charge on any atom is -0.468 e. The Morgan fingerprint density at radius 1 is 1.35 bits per heavy atom. The smallest absolute Gasteiger partial charge is 0.389 e. The number of thioether (sulfide) groups is 1. The van der Waals surface area contributed by atoms with Crippen LogP contribution in [0.5, 0.6) is 0 Å². The summed E-state index contributed by atoms with van der Waals surface area (Å²) in [5.41, 5.74) is 0. The molecule has 0 amide bonds. The third-order valence-corrected chi connectivity index (χ3v) is 4.68. The van der Waals surface area contributed by atoms with Gasteiger partial charge in [0.1, 0.15) is 5.25 Å². The van der Waals surface area contributed by atoms with Gasteiger partial charge in [-0.3, -0.25) is 4.79 Å². The molecule has 0 aromatic rings. The Bertz CT molecular complexity index is 322. The second-order valence-corrected chi connectivity index (χ2v) is 6.12. The number of halogens is 5. The zero-order valence-corrected chi connectivity index (χ0v) is 11.8. The molecule has 1 aliphatic carbocycles. The highest BCUT2D eigenvalue weighted by molar-refractivity contribution is 8.00. The molecule has 1 atom stereocenters. The van der Waals surface area contributed by atoms with Crippen molar-refractivity contribution in [1.29, 1.82) is 0 Å². The highest BCUT2D eigenvalue weighted by Crippen LogP contribution is 2.41. The van der Waals surface area contributed by atoms with Crippen LogP contribution >= 0.6 is 11.8 Å². The third-order valence-electron chi connectivity index (χ3n) is 3.31. The fraction of sp³-hybridized carbons (Fsp3) is 0.917. The van der Waals surface area contributed by atoms with Crippen LogP contribution in [0, 0.1) is 5.92 Å². The fourth-order valence-corrected chi connectivity index (χ4v) is 3.56. The van der Waals surface area contributed by atoms with Gasteiger partial charge in [-0.05, 0) is 18.8 Å². The van der Waals surface area contributed by atoms with Crippen molar-refractivity contribution in [3.05, 3.63) is 0 Å². The molecule has 0 aliphatic heterocycles. The Kier molecular flexibility index (Phi) is 6.09.